The molecule has 0 aliphatic rings. The molecule has 3 rings (SSSR count). The Morgan fingerprint density at radius 3 is 2.81 bits per heavy atom. The Balaban J connectivity index is 1.93. The van der Waals surface area contributed by atoms with Crippen LogP contribution in [0, 0.1) is 10.1 Å². The molecule has 0 unspecified atom stereocenters. The summed E-state index contributed by atoms with van der Waals surface area (Å²) in [5, 5.41) is 23.6. The second-order valence-corrected chi connectivity index (χ2v) is 4.65. The van der Waals surface area contributed by atoms with E-state index in [4.69, 9.17) is 16.0 Å². The molecule has 0 radical (unpaired) electrons. The monoisotopic (exact) mass is 305 g/mol. The molecule has 1 aromatic heterocycles. The van der Waals surface area contributed by atoms with Crippen molar-refractivity contribution in [2.24, 2.45) is 0 Å². The SMILES string of the molecule is O=[N+]([O-])c1ccc(Nc2nc3cc(Cl)ccc3o2)c(O)c1. The number of benzene rings is 2. The van der Waals surface area contributed by atoms with E-state index in [0.29, 0.717) is 16.1 Å². The topological polar surface area (TPSA) is 101 Å². The van der Waals surface area contributed by atoms with Crippen LogP contribution in [0.2, 0.25) is 5.02 Å². The third-order valence-electron chi connectivity index (χ3n) is 2.78. The maximum absolute atomic E-state index is 10.6. The van der Waals surface area contributed by atoms with Crippen molar-refractivity contribution in [3.8, 4) is 5.75 Å². The van der Waals surface area contributed by atoms with Crippen molar-refractivity contribution < 1.29 is 14.4 Å². The smallest absolute Gasteiger partial charge is 0.300 e. The van der Waals surface area contributed by atoms with Crippen LogP contribution in [0.25, 0.3) is 11.1 Å². The molecule has 0 atom stereocenters. The van der Waals surface area contributed by atoms with Crippen molar-refractivity contribution in [1.29, 1.82) is 0 Å². The van der Waals surface area contributed by atoms with Gasteiger partial charge in [-0.1, -0.05) is 11.6 Å². The third-order valence-corrected chi connectivity index (χ3v) is 3.02. The number of halogens is 1. The van der Waals surface area contributed by atoms with E-state index in [2.05, 4.69) is 10.3 Å². The lowest BCUT2D eigenvalue weighted by molar-refractivity contribution is -0.384. The third kappa shape index (κ3) is 2.59. The van der Waals surface area contributed by atoms with Gasteiger partial charge in [-0.05, 0) is 24.3 Å². The zero-order chi connectivity index (χ0) is 15.0. The Morgan fingerprint density at radius 2 is 2.10 bits per heavy atom. The molecule has 0 spiro atoms. The van der Waals surface area contributed by atoms with Crippen molar-refractivity contribution in [1.82, 2.24) is 4.98 Å². The number of aromatic nitrogens is 1. The number of hydrogen-bond donors (Lipinski definition) is 2. The first-order valence-corrected chi connectivity index (χ1v) is 6.21. The highest BCUT2D eigenvalue weighted by atomic mass is 35.5. The lowest BCUT2D eigenvalue weighted by Gasteiger charge is -2.03. The van der Waals surface area contributed by atoms with Crippen LogP contribution in [0.1, 0.15) is 0 Å². The summed E-state index contributed by atoms with van der Waals surface area (Å²) in [4.78, 5) is 14.2. The lowest BCUT2D eigenvalue weighted by atomic mass is 10.2. The number of phenolic OH excluding ortho intramolecular Hbond substituents is 1. The molecule has 7 nitrogen and oxygen atoms in total. The highest BCUT2D eigenvalue weighted by Gasteiger charge is 2.12. The van der Waals surface area contributed by atoms with E-state index in [1.54, 1.807) is 18.2 Å². The van der Waals surface area contributed by atoms with Gasteiger partial charge in [0.05, 0.1) is 16.7 Å². The molecule has 8 heteroatoms. The van der Waals surface area contributed by atoms with Gasteiger partial charge in [0.15, 0.2) is 5.58 Å². The van der Waals surface area contributed by atoms with Gasteiger partial charge >= 0.3 is 0 Å². The fourth-order valence-electron chi connectivity index (χ4n) is 1.81. The molecule has 21 heavy (non-hydrogen) atoms. The molecular weight excluding hydrogens is 298 g/mol. The van der Waals surface area contributed by atoms with Crippen LogP contribution in [0.3, 0.4) is 0 Å². The summed E-state index contributed by atoms with van der Waals surface area (Å²) in [6.45, 7) is 0. The van der Waals surface area contributed by atoms with Gasteiger partial charge in [0, 0.05) is 11.1 Å². The summed E-state index contributed by atoms with van der Waals surface area (Å²) in [6, 6.07) is 8.81. The molecular formula is C13H8ClN3O4. The first-order valence-electron chi connectivity index (χ1n) is 5.83. The number of rotatable bonds is 3. The fourth-order valence-corrected chi connectivity index (χ4v) is 1.97. The summed E-state index contributed by atoms with van der Waals surface area (Å²) in [6.07, 6.45) is 0. The first-order chi connectivity index (χ1) is 10.0. The standard InChI is InChI=1S/C13H8ClN3O4/c14-7-1-4-12-10(5-7)16-13(21-12)15-9-3-2-8(17(19)20)6-11(9)18/h1-6,18H,(H,15,16). The number of aromatic hydroxyl groups is 1. The number of nitrogens with one attached hydrogen (secondary N) is 1. The van der Waals surface area contributed by atoms with Crippen LogP contribution in [-0.4, -0.2) is 15.0 Å². The van der Waals surface area contributed by atoms with Gasteiger partial charge in [-0.15, -0.1) is 0 Å². The predicted molar refractivity (Wildman–Crippen MR) is 77.1 cm³/mol. The largest absolute Gasteiger partial charge is 0.506 e. The van der Waals surface area contributed by atoms with Gasteiger partial charge in [0.2, 0.25) is 0 Å². The second-order valence-electron chi connectivity index (χ2n) is 4.21. The molecule has 0 saturated carbocycles. The highest BCUT2D eigenvalue weighted by molar-refractivity contribution is 6.31. The molecule has 0 aliphatic heterocycles. The van der Waals surface area contributed by atoms with Crippen LogP contribution in [-0.2, 0) is 0 Å². The van der Waals surface area contributed by atoms with Crippen LogP contribution in [0.5, 0.6) is 5.75 Å². The summed E-state index contributed by atoms with van der Waals surface area (Å²) in [7, 11) is 0. The highest BCUT2D eigenvalue weighted by Crippen LogP contribution is 2.31. The predicted octanol–water partition coefficient (Wildman–Crippen LogP) is 3.84. The van der Waals surface area contributed by atoms with Gasteiger partial charge in [-0.2, -0.15) is 4.98 Å². The Kier molecular flexibility index (Phi) is 3.11. The summed E-state index contributed by atoms with van der Waals surface area (Å²) in [5.74, 6) is -0.274. The quantitative estimate of drug-likeness (QED) is 0.433. The molecule has 1 heterocycles. The number of nitro benzene ring substituents is 1. The number of nitrogens with zero attached hydrogens (tertiary/aromatic N) is 2. The van der Waals surface area contributed by atoms with E-state index in [9.17, 15) is 15.2 Å². The van der Waals surface area contributed by atoms with E-state index in [-0.39, 0.29) is 23.1 Å². The fraction of sp³-hybridized carbons (Fsp3) is 0. The molecule has 0 saturated heterocycles. The Bertz CT molecular complexity index is 847. The van der Waals surface area contributed by atoms with E-state index in [0.717, 1.165) is 6.07 Å². The van der Waals surface area contributed by atoms with E-state index < -0.39 is 4.92 Å². The van der Waals surface area contributed by atoms with E-state index in [1.165, 1.54) is 12.1 Å². The number of anilines is 2. The van der Waals surface area contributed by atoms with Crippen LogP contribution in [0.4, 0.5) is 17.4 Å². The minimum absolute atomic E-state index is 0.149. The van der Waals surface area contributed by atoms with Gasteiger partial charge < -0.3 is 14.8 Å². The number of oxazole rings is 1. The average molecular weight is 306 g/mol. The van der Waals surface area contributed by atoms with Gasteiger partial charge in [0.25, 0.3) is 11.7 Å². The number of fused-ring (bicyclic) bond motifs is 1. The van der Waals surface area contributed by atoms with Gasteiger partial charge in [-0.3, -0.25) is 10.1 Å². The normalized spacial score (nSPS) is 10.7. The summed E-state index contributed by atoms with van der Waals surface area (Å²) in [5.41, 5.74) is 1.13. The number of non-ortho nitro benzene ring substituents is 1. The Hall–Kier alpha value is -2.80. The minimum Gasteiger partial charge on any atom is -0.506 e. The van der Waals surface area contributed by atoms with E-state index >= 15 is 0 Å². The molecule has 0 aliphatic carbocycles. The molecule has 106 valence electrons. The van der Waals surface area contributed by atoms with Crippen molar-refractivity contribution in [2.45, 2.75) is 0 Å². The summed E-state index contributed by atoms with van der Waals surface area (Å²) < 4.78 is 5.43. The number of hydrogen-bond acceptors (Lipinski definition) is 6. The number of nitro groups is 1. The number of phenols is 1. The van der Waals surface area contributed by atoms with Crippen molar-refractivity contribution in [3.63, 3.8) is 0 Å². The molecule has 2 N–H and O–H groups in total. The summed E-state index contributed by atoms with van der Waals surface area (Å²) >= 11 is 5.85. The Labute approximate surface area is 122 Å². The van der Waals surface area contributed by atoms with Crippen LogP contribution in [0.15, 0.2) is 40.8 Å². The average Bonchev–Trinajstić information content (AvgIpc) is 2.82. The van der Waals surface area contributed by atoms with E-state index in [1.807, 2.05) is 0 Å². The lowest BCUT2D eigenvalue weighted by Crippen LogP contribution is -1.93. The Morgan fingerprint density at radius 1 is 1.29 bits per heavy atom. The first kappa shape index (κ1) is 13.2. The van der Waals surface area contributed by atoms with Crippen molar-refractivity contribution in [2.75, 3.05) is 5.32 Å². The van der Waals surface area contributed by atoms with Crippen LogP contribution < -0.4 is 5.32 Å². The maximum Gasteiger partial charge on any atom is 0.300 e. The maximum atomic E-state index is 10.6. The molecule has 3 aromatic rings. The molecule has 0 bridgehead atoms. The zero-order valence-corrected chi connectivity index (χ0v) is 11.2. The molecule has 0 amide bonds. The minimum atomic E-state index is -0.592. The molecule has 2 aromatic carbocycles. The van der Waals surface area contributed by atoms with Crippen molar-refractivity contribution >= 4 is 40.1 Å². The zero-order valence-electron chi connectivity index (χ0n) is 10.4. The second kappa shape index (κ2) is 4.95. The molecule has 0 fully saturated rings. The van der Waals surface area contributed by atoms with Crippen molar-refractivity contribution in [3.05, 3.63) is 51.5 Å². The van der Waals surface area contributed by atoms with Gasteiger partial charge in [-0.25, -0.2) is 0 Å². The van der Waals surface area contributed by atoms with Crippen LogP contribution >= 0.6 is 11.6 Å². The van der Waals surface area contributed by atoms with Gasteiger partial charge in [0.1, 0.15) is 11.3 Å².